The number of carbonyl (C=O) groups is 1. The van der Waals surface area contributed by atoms with Gasteiger partial charge in [-0.2, -0.15) is 11.8 Å². The summed E-state index contributed by atoms with van der Waals surface area (Å²) in [5.74, 6) is 0.767. The molecular weight excluding hydrogens is 428 g/mol. The van der Waals surface area contributed by atoms with Gasteiger partial charge in [-0.1, -0.05) is 24.4 Å². The fourth-order valence-electron chi connectivity index (χ4n) is 3.27. The van der Waals surface area contributed by atoms with Crippen LogP contribution in [0.2, 0.25) is 5.02 Å². The van der Waals surface area contributed by atoms with Crippen molar-refractivity contribution < 1.29 is 13.2 Å². The number of sulfonamides is 1. The predicted molar refractivity (Wildman–Crippen MR) is 121 cm³/mol. The maximum Gasteiger partial charge on any atom is 0.264 e. The van der Waals surface area contributed by atoms with Crippen molar-refractivity contribution >= 4 is 45.0 Å². The van der Waals surface area contributed by atoms with Crippen LogP contribution in [0, 0.1) is 0 Å². The Morgan fingerprint density at radius 2 is 1.72 bits per heavy atom. The van der Waals surface area contributed by atoms with E-state index in [0.717, 1.165) is 11.0 Å². The van der Waals surface area contributed by atoms with Gasteiger partial charge >= 0.3 is 0 Å². The van der Waals surface area contributed by atoms with Gasteiger partial charge in [-0.3, -0.25) is 9.10 Å². The Morgan fingerprint density at radius 3 is 2.34 bits per heavy atom. The van der Waals surface area contributed by atoms with Crippen LogP contribution in [0.5, 0.6) is 0 Å². The van der Waals surface area contributed by atoms with Crippen LogP contribution in [0.4, 0.5) is 5.69 Å². The summed E-state index contributed by atoms with van der Waals surface area (Å²) in [4.78, 5) is 12.5. The van der Waals surface area contributed by atoms with Crippen molar-refractivity contribution in [3.8, 4) is 0 Å². The average molecular weight is 453 g/mol. The molecule has 2 aromatic rings. The zero-order chi connectivity index (χ0) is 20.9. The smallest absolute Gasteiger partial charge is 0.264 e. The van der Waals surface area contributed by atoms with Gasteiger partial charge in [-0.15, -0.1) is 0 Å². The first-order chi connectivity index (χ1) is 13.9. The molecule has 1 aliphatic rings. The highest BCUT2D eigenvalue weighted by Gasteiger charge is 2.21. The van der Waals surface area contributed by atoms with Gasteiger partial charge < -0.3 is 5.32 Å². The minimum absolute atomic E-state index is 0.146. The molecule has 156 valence electrons. The van der Waals surface area contributed by atoms with Gasteiger partial charge in [0, 0.05) is 35.2 Å². The number of hydrogen-bond donors (Lipinski definition) is 1. The lowest BCUT2D eigenvalue weighted by atomic mass is 10.2. The molecule has 2 aromatic carbocycles. The Kier molecular flexibility index (Phi) is 7.49. The van der Waals surface area contributed by atoms with E-state index in [2.05, 4.69) is 5.32 Å². The largest absolute Gasteiger partial charge is 0.351 e. The zero-order valence-electron chi connectivity index (χ0n) is 16.3. The van der Waals surface area contributed by atoms with Crippen molar-refractivity contribution in [3.05, 3.63) is 59.1 Å². The Hall–Kier alpha value is -1.70. The molecule has 1 aliphatic carbocycles. The molecule has 0 aliphatic heterocycles. The lowest BCUT2D eigenvalue weighted by Gasteiger charge is -2.20. The minimum Gasteiger partial charge on any atom is -0.351 e. The van der Waals surface area contributed by atoms with Gasteiger partial charge in [0.25, 0.3) is 15.9 Å². The van der Waals surface area contributed by atoms with Crippen LogP contribution in [0.3, 0.4) is 0 Å². The van der Waals surface area contributed by atoms with Crippen molar-refractivity contribution in [2.24, 2.45) is 0 Å². The third kappa shape index (κ3) is 5.68. The molecule has 1 N–H and O–H groups in total. The Balaban J connectivity index is 1.57. The van der Waals surface area contributed by atoms with Crippen LogP contribution in [-0.4, -0.2) is 38.9 Å². The summed E-state index contributed by atoms with van der Waals surface area (Å²) >= 11 is 7.77. The summed E-state index contributed by atoms with van der Waals surface area (Å²) in [7, 11) is -2.21. The SMILES string of the molecule is CN(c1ccc(C(=O)NCCSC2CCCC2)cc1)S(=O)(=O)c1ccc(Cl)cc1. The molecule has 0 unspecified atom stereocenters. The average Bonchev–Trinajstić information content (AvgIpc) is 3.24. The number of nitrogens with zero attached hydrogens (tertiary/aromatic N) is 1. The lowest BCUT2D eigenvalue weighted by molar-refractivity contribution is 0.0956. The van der Waals surface area contributed by atoms with Gasteiger partial charge in [0.1, 0.15) is 0 Å². The molecule has 0 saturated heterocycles. The standard InChI is InChI=1S/C21H25ClN2O3S2/c1-24(29(26,27)20-12-8-17(22)9-13-20)18-10-6-16(7-11-18)21(25)23-14-15-28-19-4-2-3-5-19/h6-13,19H,2-5,14-15H2,1H3,(H,23,25). The fourth-order valence-corrected chi connectivity index (χ4v) is 5.81. The van der Waals surface area contributed by atoms with E-state index in [1.165, 1.54) is 49.2 Å². The lowest BCUT2D eigenvalue weighted by Crippen LogP contribution is -2.27. The van der Waals surface area contributed by atoms with Gasteiger partial charge in [0.15, 0.2) is 0 Å². The Bertz CT molecular complexity index is 925. The first-order valence-corrected chi connectivity index (χ1v) is 12.5. The highest BCUT2D eigenvalue weighted by Crippen LogP contribution is 2.29. The van der Waals surface area contributed by atoms with Crippen LogP contribution in [0.25, 0.3) is 0 Å². The maximum atomic E-state index is 12.7. The molecule has 1 saturated carbocycles. The number of nitrogens with one attached hydrogen (secondary N) is 1. The molecule has 1 fully saturated rings. The molecule has 0 atom stereocenters. The van der Waals surface area contributed by atoms with Gasteiger partial charge in [0.05, 0.1) is 10.6 Å². The summed E-state index contributed by atoms with van der Waals surface area (Å²) in [6.07, 6.45) is 5.20. The van der Waals surface area contributed by atoms with Crippen LogP contribution in [0.1, 0.15) is 36.0 Å². The van der Waals surface area contributed by atoms with Crippen LogP contribution < -0.4 is 9.62 Å². The first kappa shape index (κ1) is 22.0. The summed E-state index contributed by atoms with van der Waals surface area (Å²) < 4.78 is 26.7. The van der Waals surface area contributed by atoms with Crippen molar-refractivity contribution in [1.82, 2.24) is 5.32 Å². The Labute approximate surface area is 181 Å². The highest BCUT2D eigenvalue weighted by molar-refractivity contribution is 7.99. The van der Waals surface area contributed by atoms with Crippen LogP contribution in [0.15, 0.2) is 53.4 Å². The number of benzene rings is 2. The molecule has 3 rings (SSSR count). The molecule has 0 aromatic heterocycles. The van der Waals surface area contributed by atoms with Crippen LogP contribution >= 0.6 is 23.4 Å². The van der Waals surface area contributed by atoms with E-state index in [0.29, 0.717) is 22.8 Å². The second-order valence-corrected chi connectivity index (χ2v) is 10.8. The van der Waals surface area contributed by atoms with Gasteiger partial charge in [-0.05, 0) is 61.4 Å². The number of thioether (sulfide) groups is 1. The first-order valence-electron chi connectivity index (χ1n) is 9.62. The molecule has 0 radical (unpaired) electrons. The monoisotopic (exact) mass is 452 g/mol. The molecule has 0 bridgehead atoms. The molecule has 29 heavy (non-hydrogen) atoms. The minimum atomic E-state index is -3.70. The van der Waals surface area contributed by atoms with Crippen molar-refractivity contribution in [2.45, 2.75) is 35.8 Å². The predicted octanol–water partition coefficient (Wildman–Crippen LogP) is 4.57. The van der Waals surface area contributed by atoms with E-state index in [4.69, 9.17) is 11.6 Å². The van der Waals surface area contributed by atoms with Crippen molar-refractivity contribution in [3.63, 3.8) is 0 Å². The van der Waals surface area contributed by atoms with E-state index < -0.39 is 10.0 Å². The summed E-state index contributed by atoms with van der Waals surface area (Å²) in [6, 6.07) is 12.6. The van der Waals surface area contributed by atoms with E-state index in [1.54, 1.807) is 36.4 Å². The molecule has 8 heteroatoms. The number of carbonyl (C=O) groups excluding carboxylic acids is 1. The second kappa shape index (κ2) is 9.87. The number of hydrogen-bond acceptors (Lipinski definition) is 4. The molecule has 1 amide bonds. The number of halogens is 1. The summed E-state index contributed by atoms with van der Waals surface area (Å²) in [5, 5.41) is 4.14. The second-order valence-electron chi connectivity index (χ2n) is 7.01. The van der Waals surface area contributed by atoms with E-state index in [1.807, 2.05) is 11.8 Å². The van der Waals surface area contributed by atoms with Crippen LogP contribution in [-0.2, 0) is 10.0 Å². The zero-order valence-corrected chi connectivity index (χ0v) is 18.7. The third-order valence-electron chi connectivity index (χ3n) is 5.01. The molecular formula is C21H25ClN2O3S2. The topological polar surface area (TPSA) is 66.5 Å². The van der Waals surface area contributed by atoms with E-state index in [9.17, 15) is 13.2 Å². The molecule has 0 spiro atoms. The molecule has 5 nitrogen and oxygen atoms in total. The van der Waals surface area contributed by atoms with Crippen molar-refractivity contribution in [1.29, 1.82) is 0 Å². The Morgan fingerprint density at radius 1 is 1.10 bits per heavy atom. The number of anilines is 1. The normalized spacial score (nSPS) is 14.7. The van der Waals surface area contributed by atoms with Crippen molar-refractivity contribution in [2.75, 3.05) is 23.7 Å². The third-order valence-corrected chi connectivity index (χ3v) is 8.44. The summed E-state index contributed by atoms with van der Waals surface area (Å²) in [6.45, 7) is 0.632. The van der Waals surface area contributed by atoms with Gasteiger partial charge in [-0.25, -0.2) is 8.42 Å². The summed E-state index contributed by atoms with van der Waals surface area (Å²) in [5.41, 5.74) is 0.991. The molecule has 0 heterocycles. The van der Waals surface area contributed by atoms with E-state index in [-0.39, 0.29) is 10.8 Å². The maximum absolute atomic E-state index is 12.7. The number of rotatable bonds is 8. The quantitative estimate of drug-likeness (QED) is 0.596. The number of amides is 1. The van der Waals surface area contributed by atoms with Gasteiger partial charge in [0.2, 0.25) is 0 Å². The fraction of sp³-hybridized carbons (Fsp3) is 0.381. The highest BCUT2D eigenvalue weighted by atomic mass is 35.5. The van der Waals surface area contributed by atoms with E-state index >= 15 is 0 Å².